The van der Waals surface area contributed by atoms with Gasteiger partial charge in [0.2, 0.25) is 0 Å². The summed E-state index contributed by atoms with van der Waals surface area (Å²) in [6.07, 6.45) is 4.95. The summed E-state index contributed by atoms with van der Waals surface area (Å²) >= 11 is 0. The van der Waals surface area contributed by atoms with Gasteiger partial charge >= 0.3 is 0 Å². The van der Waals surface area contributed by atoms with E-state index >= 15 is 0 Å². The van der Waals surface area contributed by atoms with E-state index in [1.807, 2.05) is 4.90 Å². The van der Waals surface area contributed by atoms with Gasteiger partial charge in [-0.3, -0.25) is 4.79 Å². The quantitative estimate of drug-likeness (QED) is 0.857. The van der Waals surface area contributed by atoms with Crippen LogP contribution in [0.4, 0.5) is 5.82 Å². The van der Waals surface area contributed by atoms with E-state index in [4.69, 9.17) is 5.73 Å². The molecule has 0 saturated carbocycles. The summed E-state index contributed by atoms with van der Waals surface area (Å²) < 4.78 is 0. The van der Waals surface area contributed by atoms with Crippen LogP contribution in [0.1, 0.15) is 50.4 Å². The van der Waals surface area contributed by atoms with E-state index in [1.54, 1.807) is 18.3 Å². The third kappa shape index (κ3) is 3.50. The number of nitrogens with zero attached hydrogens (tertiary/aromatic N) is 2. The van der Waals surface area contributed by atoms with Crippen molar-refractivity contribution in [2.45, 2.75) is 40.0 Å². The molecule has 0 bridgehead atoms. The highest BCUT2D eigenvalue weighted by atomic mass is 16.2. The normalized spacial score (nSPS) is 20.6. The fourth-order valence-electron chi connectivity index (χ4n) is 2.93. The second-order valence-electron chi connectivity index (χ2n) is 6.76. The molecule has 1 unspecified atom stereocenters. The third-order valence-corrected chi connectivity index (χ3v) is 4.27. The number of rotatable bonds is 1. The van der Waals surface area contributed by atoms with Crippen molar-refractivity contribution in [1.82, 2.24) is 9.88 Å². The van der Waals surface area contributed by atoms with Crippen molar-refractivity contribution >= 4 is 11.7 Å². The Morgan fingerprint density at radius 2 is 2.10 bits per heavy atom. The van der Waals surface area contributed by atoms with Crippen molar-refractivity contribution in [2.75, 3.05) is 18.8 Å². The van der Waals surface area contributed by atoms with Crippen LogP contribution in [0.3, 0.4) is 0 Å². The first kappa shape index (κ1) is 14.8. The molecule has 1 atom stereocenters. The fraction of sp³-hybridized carbons (Fsp3) is 0.625. The van der Waals surface area contributed by atoms with Crippen LogP contribution in [0.5, 0.6) is 0 Å². The summed E-state index contributed by atoms with van der Waals surface area (Å²) in [6.45, 7) is 8.55. The van der Waals surface area contributed by atoms with Crippen molar-refractivity contribution < 1.29 is 4.79 Å². The molecule has 4 heteroatoms. The summed E-state index contributed by atoms with van der Waals surface area (Å²) in [7, 11) is 0. The standard InChI is InChI=1S/C16H25N3O/c1-16(2,3)13-5-4-9-19(10-7-13)15(20)12-6-8-18-14(17)11-12/h6,8,11,13H,4-5,7,9-10H2,1-3H3,(H2,17,18). The van der Waals surface area contributed by atoms with Crippen LogP contribution < -0.4 is 5.73 Å². The Kier molecular flexibility index (Phi) is 4.31. The van der Waals surface area contributed by atoms with E-state index in [1.165, 1.54) is 6.42 Å². The predicted octanol–water partition coefficient (Wildman–Crippen LogP) is 2.95. The van der Waals surface area contributed by atoms with Gasteiger partial charge in [-0.1, -0.05) is 20.8 Å². The Balaban J connectivity index is 2.05. The van der Waals surface area contributed by atoms with Crippen molar-refractivity contribution in [3.8, 4) is 0 Å². The minimum Gasteiger partial charge on any atom is -0.384 e. The predicted molar refractivity (Wildman–Crippen MR) is 81.3 cm³/mol. The number of nitrogens with two attached hydrogens (primary N) is 1. The van der Waals surface area contributed by atoms with E-state index < -0.39 is 0 Å². The molecule has 2 N–H and O–H groups in total. The first-order chi connectivity index (χ1) is 9.38. The van der Waals surface area contributed by atoms with E-state index in [0.717, 1.165) is 25.9 Å². The average Bonchev–Trinajstić information content (AvgIpc) is 2.63. The summed E-state index contributed by atoms with van der Waals surface area (Å²) in [5.74, 6) is 1.16. The highest BCUT2D eigenvalue weighted by molar-refractivity contribution is 5.94. The second kappa shape index (κ2) is 5.81. The highest BCUT2D eigenvalue weighted by Crippen LogP contribution is 2.34. The number of anilines is 1. The van der Waals surface area contributed by atoms with Crippen LogP contribution in [0, 0.1) is 11.3 Å². The maximum Gasteiger partial charge on any atom is 0.254 e. The van der Waals surface area contributed by atoms with Gasteiger partial charge in [-0.15, -0.1) is 0 Å². The van der Waals surface area contributed by atoms with E-state index in [2.05, 4.69) is 25.8 Å². The van der Waals surface area contributed by atoms with Crippen molar-refractivity contribution in [2.24, 2.45) is 11.3 Å². The third-order valence-electron chi connectivity index (χ3n) is 4.27. The number of nitrogen functional groups attached to an aromatic ring is 1. The van der Waals surface area contributed by atoms with Crippen LogP contribution in [0.25, 0.3) is 0 Å². The highest BCUT2D eigenvalue weighted by Gasteiger charge is 2.28. The maximum absolute atomic E-state index is 12.5. The molecule has 20 heavy (non-hydrogen) atoms. The van der Waals surface area contributed by atoms with Crippen LogP contribution in [-0.2, 0) is 0 Å². The Labute approximate surface area is 121 Å². The summed E-state index contributed by atoms with van der Waals surface area (Å²) in [6, 6.07) is 3.40. The van der Waals surface area contributed by atoms with Crippen LogP contribution in [0.15, 0.2) is 18.3 Å². The zero-order chi connectivity index (χ0) is 14.8. The van der Waals surface area contributed by atoms with Gasteiger partial charge in [-0.05, 0) is 42.7 Å². The Bertz CT molecular complexity index is 479. The average molecular weight is 275 g/mol. The van der Waals surface area contributed by atoms with Crippen molar-refractivity contribution in [3.05, 3.63) is 23.9 Å². The minimum absolute atomic E-state index is 0.0775. The lowest BCUT2D eigenvalue weighted by molar-refractivity contribution is 0.0755. The molecule has 2 heterocycles. The molecular formula is C16H25N3O. The summed E-state index contributed by atoms with van der Waals surface area (Å²) in [5.41, 5.74) is 6.62. The summed E-state index contributed by atoms with van der Waals surface area (Å²) in [4.78, 5) is 18.4. The van der Waals surface area contributed by atoms with Gasteiger partial charge in [0.05, 0.1) is 0 Å². The number of hydrogen-bond donors (Lipinski definition) is 1. The molecule has 2 rings (SSSR count). The van der Waals surface area contributed by atoms with Crippen LogP contribution in [0.2, 0.25) is 0 Å². The monoisotopic (exact) mass is 275 g/mol. The molecule has 0 aliphatic carbocycles. The molecule has 1 aliphatic heterocycles. The van der Waals surface area contributed by atoms with E-state index in [0.29, 0.717) is 22.7 Å². The van der Waals surface area contributed by atoms with Gasteiger partial charge in [0.15, 0.2) is 0 Å². The smallest absolute Gasteiger partial charge is 0.254 e. The lowest BCUT2D eigenvalue weighted by atomic mass is 9.77. The molecule has 110 valence electrons. The molecule has 1 aromatic rings. The number of aromatic nitrogens is 1. The second-order valence-corrected chi connectivity index (χ2v) is 6.76. The molecule has 0 spiro atoms. The van der Waals surface area contributed by atoms with Gasteiger partial charge in [0, 0.05) is 24.8 Å². The number of carbonyl (C=O) groups excluding carboxylic acids is 1. The fourth-order valence-corrected chi connectivity index (χ4v) is 2.93. The minimum atomic E-state index is 0.0775. The lowest BCUT2D eigenvalue weighted by Crippen LogP contribution is -2.32. The Morgan fingerprint density at radius 3 is 2.75 bits per heavy atom. The maximum atomic E-state index is 12.5. The van der Waals surface area contributed by atoms with Gasteiger partial charge < -0.3 is 10.6 Å². The molecule has 1 aliphatic rings. The van der Waals surface area contributed by atoms with Gasteiger partial charge in [0.25, 0.3) is 5.91 Å². The Hall–Kier alpha value is -1.58. The van der Waals surface area contributed by atoms with Crippen LogP contribution >= 0.6 is 0 Å². The largest absolute Gasteiger partial charge is 0.384 e. The van der Waals surface area contributed by atoms with Gasteiger partial charge in [-0.2, -0.15) is 0 Å². The van der Waals surface area contributed by atoms with Crippen molar-refractivity contribution in [1.29, 1.82) is 0 Å². The van der Waals surface area contributed by atoms with Gasteiger partial charge in [-0.25, -0.2) is 4.98 Å². The first-order valence-electron chi connectivity index (χ1n) is 7.39. The zero-order valence-corrected chi connectivity index (χ0v) is 12.7. The van der Waals surface area contributed by atoms with Crippen molar-refractivity contribution in [3.63, 3.8) is 0 Å². The zero-order valence-electron chi connectivity index (χ0n) is 12.7. The summed E-state index contributed by atoms with van der Waals surface area (Å²) in [5, 5.41) is 0. The molecule has 1 aromatic heterocycles. The molecule has 4 nitrogen and oxygen atoms in total. The SMILES string of the molecule is CC(C)(C)C1CCCN(C(=O)c2ccnc(N)c2)CC1. The molecular weight excluding hydrogens is 250 g/mol. The molecule has 1 saturated heterocycles. The number of hydrogen-bond acceptors (Lipinski definition) is 3. The molecule has 0 radical (unpaired) electrons. The molecule has 0 aromatic carbocycles. The van der Waals surface area contributed by atoms with Crippen LogP contribution in [-0.4, -0.2) is 28.9 Å². The number of carbonyl (C=O) groups is 1. The molecule has 1 fully saturated rings. The van der Waals surface area contributed by atoms with Gasteiger partial charge in [0.1, 0.15) is 5.82 Å². The number of amides is 1. The lowest BCUT2D eigenvalue weighted by Gasteiger charge is -2.29. The van der Waals surface area contributed by atoms with E-state index in [9.17, 15) is 4.79 Å². The van der Waals surface area contributed by atoms with E-state index in [-0.39, 0.29) is 5.91 Å². The number of likely N-dealkylation sites (tertiary alicyclic amines) is 1. The Morgan fingerprint density at radius 1 is 1.35 bits per heavy atom. The number of pyridine rings is 1. The molecule has 1 amide bonds. The first-order valence-corrected chi connectivity index (χ1v) is 7.39. The topological polar surface area (TPSA) is 59.2 Å².